The highest BCUT2D eigenvalue weighted by Crippen LogP contribution is 2.30. The summed E-state index contributed by atoms with van der Waals surface area (Å²) in [6.45, 7) is 2.40. The summed E-state index contributed by atoms with van der Waals surface area (Å²) in [6, 6.07) is 12.3. The first kappa shape index (κ1) is 17.4. The topological polar surface area (TPSA) is 65.0 Å². The van der Waals surface area contributed by atoms with Gasteiger partial charge in [-0.15, -0.1) is 0 Å². The zero-order chi connectivity index (χ0) is 17.5. The van der Waals surface area contributed by atoms with Crippen molar-refractivity contribution in [2.24, 2.45) is 0 Å². The fraction of sp³-hybridized carbons (Fsp3) is 0.211. The monoisotopic (exact) mass is 328 g/mol. The van der Waals surface area contributed by atoms with Gasteiger partial charge in [-0.3, -0.25) is 0 Å². The fourth-order valence-electron chi connectivity index (χ4n) is 2.30. The highest BCUT2D eigenvalue weighted by Gasteiger charge is 2.12. The zero-order valence-corrected chi connectivity index (χ0v) is 13.9. The van der Waals surface area contributed by atoms with Gasteiger partial charge in [0.05, 0.1) is 26.4 Å². The van der Waals surface area contributed by atoms with Crippen LogP contribution in [-0.4, -0.2) is 31.9 Å². The summed E-state index contributed by atoms with van der Waals surface area (Å²) in [5, 5.41) is 9.57. The Bertz CT molecular complexity index is 749. The summed E-state index contributed by atoms with van der Waals surface area (Å²) in [4.78, 5) is 11.7. The molecule has 0 spiro atoms. The molecule has 2 aromatic carbocycles. The first-order valence-corrected chi connectivity index (χ1v) is 7.49. The van der Waals surface area contributed by atoms with Crippen LogP contribution in [-0.2, 0) is 4.79 Å². The van der Waals surface area contributed by atoms with Crippen molar-refractivity contribution in [2.75, 3.05) is 20.8 Å². The van der Waals surface area contributed by atoms with Gasteiger partial charge in [0.25, 0.3) is 0 Å². The highest BCUT2D eigenvalue weighted by molar-refractivity contribution is 6.20. The molecule has 24 heavy (non-hydrogen) atoms. The van der Waals surface area contributed by atoms with Gasteiger partial charge in [0, 0.05) is 0 Å². The second-order valence-electron chi connectivity index (χ2n) is 4.94. The summed E-state index contributed by atoms with van der Waals surface area (Å²) in [6.07, 6.45) is 1.59. The van der Waals surface area contributed by atoms with Crippen LogP contribution in [0.25, 0.3) is 11.6 Å². The Morgan fingerprint density at radius 2 is 1.83 bits per heavy atom. The predicted molar refractivity (Wildman–Crippen MR) is 92.7 cm³/mol. The average molecular weight is 328 g/mol. The lowest BCUT2D eigenvalue weighted by atomic mass is 10.0. The van der Waals surface area contributed by atoms with Crippen molar-refractivity contribution in [3.05, 3.63) is 53.6 Å². The number of carbonyl (C=O) groups is 1. The molecule has 0 atom stereocenters. The number of hydrogen-bond acceptors (Lipinski definition) is 4. The van der Waals surface area contributed by atoms with Crippen LogP contribution in [0.3, 0.4) is 0 Å². The van der Waals surface area contributed by atoms with Crippen LogP contribution in [0.4, 0.5) is 0 Å². The van der Waals surface area contributed by atoms with E-state index in [4.69, 9.17) is 14.2 Å². The maximum absolute atomic E-state index is 11.7. The van der Waals surface area contributed by atoms with E-state index < -0.39 is 5.97 Å². The van der Waals surface area contributed by atoms with E-state index in [1.807, 2.05) is 6.92 Å². The SMILES string of the molecule is CCOc1cccc(/C(=C/c2ccc(OC)c(OC)c2)C(=O)O)c1. The maximum Gasteiger partial charge on any atom is 0.336 e. The van der Waals surface area contributed by atoms with E-state index in [1.54, 1.807) is 55.7 Å². The Morgan fingerprint density at radius 3 is 2.46 bits per heavy atom. The molecule has 0 fully saturated rings. The standard InChI is InChI=1S/C19H20O5/c1-4-24-15-7-5-6-14(12-15)16(19(20)21)10-13-8-9-17(22-2)18(11-13)23-3/h5-12H,4H2,1-3H3,(H,20,21)/b16-10-. The molecule has 0 bridgehead atoms. The number of carboxylic acid groups (broad SMARTS) is 1. The van der Waals surface area contributed by atoms with Gasteiger partial charge in [0.2, 0.25) is 0 Å². The Balaban J connectivity index is 2.46. The third-order valence-electron chi connectivity index (χ3n) is 3.41. The summed E-state index contributed by atoms with van der Waals surface area (Å²) in [7, 11) is 3.09. The molecule has 2 aromatic rings. The maximum atomic E-state index is 11.7. The quantitative estimate of drug-likeness (QED) is 0.620. The lowest BCUT2D eigenvalue weighted by molar-refractivity contribution is -0.130. The third-order valence-corrected chi connectivity index (χ3v) is 3.41. The highest BCUT2D eigenvalue weighted by atomic mass is 16.5. The largest absolute Gasteiger partial charge is 0.494 e. The van der Waals surface area contributed by atoms with E-state index in [1.165, 1.54) is 7.11 Å². The molecule has 0 saturated carbocycles. The molecule has 5 nitrogen and oxygen atoms in total. The molecule has 0 aliphatic rings. The van der Waals surface area contributed by atoms with E-state index in [0.717, 1.165) is 0 Å². The molecule has 1 N–H and O–H groups in total. The van der Waals surface area contributed by atoms with Gasteiger partial charge in [-0.25, -0.2) is 4.79 Å². The van der Waals surface area contributed by atoms with Gasteiger partial charge in [0.1, 0.15) is 5.75 Å². The minimum absolute atomic E-state index is 0.170. The Hall–Kier alpha value is -2.95. The zero-order valence-electron chi connectivity index (χ0n) is 13.9. The number of aliphatic carboxylic acids is 1. The molecule has 0 aliphatic heterocycles. The molecular weight excluding hydrogens is 308 g/mol. The van der Waals surface area contributed by atoms with Crippen molar-refractivity contribution < 1.29 is 24.1 Å². The van der Waals surface area contributed by atoms with Gasteiger partial charge < -0.3 is 19.3 Å². The summed E-state index contributed by atoms with van der Waals surface area (Å²) in [5.41, 5.74) is 1.44. The van der Waals surface area contributed by atoms with Gasteiger partial charge in [-0.2, -0.15) is 0 Å². The number of hydrogen-bond donors (Lipinski definition) is 1. The number of benzene rings is 2. The van der Waals surface area contributed by atoms with Crippen molar-refractivity contribution in [1.82, 2.24) is 0 Å². The van der Waals surface area contributed by atoms with Crippen LogP contribution < -0.4 is 14.2 Å². The molecular formula is C19H20O5. The molecule has 2 rings (SSSR count). The molecule has 0 heterocycles. The van der Waals surface area contributed by atoms with Crippen molar-refractivity contribution in [3.63, 3.8) is 0 Å². The van der Waals surface area contributed by atoms with Gasteiger partial charge in [-0.05, 0) is 48.4 Å². The average Bonchev–Trinajstić information content (AvgIpc) is 2.59. The number of carboxylic acids is 1. The molecule has 0 aliphatic carbocycles. The Kier molecular flexibility index (Phi) is 5.84. The lowest BCUT2D eigenvalue weighted by Gasteiger charge is -2.09. The number of ether oxygens (including phenoxy) is 3. The van der Waals surface area contributed by atoms with Crippen molar-refractivity contribution >= 4 is 17.6 Å². The van der Waals surface area contributed by atoms with Crippen molar-refractivity contribution in [3.8, 4) is 17.2 Å². The van der Waals surface area contributed by atoms with Crippen molar-refractivity contribution in [2.45, 2.75) is 6.92 Å². The molecule has 5 heteroatoms. The van der Waals surface area contributed by atoms with Gasteiger partial charge >= 0.3 is 5.97 Å². The van der Waals surface area contributed by atoms with E-state index >= 15 is 0 Å². The lowest BCUT2D eigenvalue weighted by Crippen LogP contribution is -2.01. The van der Waals surface area contributed by atoms with Gasteiger partial charge in [-0.1, -0.05) is 18.2 Å². The van der Waals surface area contributed by atoms with Gasteiger partial charge in [0.15, 0.2) is 11.5 Å². The molecule has 0 unspecified atom stereocenters. The second-order valence-corrected chi connectivity index (χ2v) is 4.94. The Labute approximate surface area is 141 Å². The third kappa shape index (κ3) is 4.07. The fourth-order valence-corrected chi connectivity index (χ4v) is 2.30. The molecule has 0 aromatic heterocycles. The Morgan fingerprint density at radius 1 is 1.08 bits per heavy atom. The van der Waals surface area contributed by atoms with E-state index in [0.29, 0.717) is 35.0 Å². The molecule has 0 amide bonds. The van der Waals surface area contributed by atoms with E-state index in [2.05, 4.69) is 0 Å². The predicted octanol–water partition coefficient (Wildman–Crippen LogP) is 3.73. The van der Waals surface area contributed by atoms with Crippen LogP contribution >= 0.6 is 0 Å². The summed E-state index contributed by atoms with van der Waals surface area (Å²) < 4.78 is 15.9. The molecule has 0 radical (unpaired) electrons. The van der Waals surface area contributed by atoms with Crippen LogP contribution in [0.1, 0.15) is 18.1 Å². The smallest absolute Gasteiger partial charge is 0.336 e. The van der Waals surface area contributed by atoms with Crippen LogP contribution in [0, 0.1) is 0 Å². The van der Waals surface area contributed by atoms with E-state index in [-0.39, 0.29) is 5.57 Å². The minimum atomic E-state index is -1.02. The number of rotatable bonds is 7. The van der Waals surface area contributed by atoms with Crippen LogP contribution in [0.2, 0.25) is 0 Å². The van der Waals surface area contributed by atoms with Crippen LogP contribution in [0.5, 0.6) is 17.2 Å². The normalized spacial score (nSPS) is 11.0. The summed E-state index contributed by atoms with van der Waals surface area (Å²) in [5.74, 6) is 0.747. The van der Waals surface area contributed by atoms with Crippen LogP contribution in [0.15, 0.2) is 42.5 Å². The summed E-state index contributed by atoms with van der Waals surface area (Å²) >= 11 is 0. The van der Waals surface area contributed by atoms with Crippen molar-refractivity contribution in [1.29, 1.82) is 0 Å². The molecule has 0 saturated heterocycles. The first-order chi connectivity index (χ1) is 11.6. The molecule has 126 valence electrons. The first-order valence-electron chi connectivity index (χ1n) is 7.49. The second kappa shape index (κ2) is 8.06. The minimum Gasteiger partial charge on any atom is -0.494 e. The van der Waals surface area contributed by atoms with E-state index in [9.17, 15) is 9.90 Å². The number of methoxy groups -OCH3 is 2.